The Bertz CT molecular complexity index is 474. The number of oxime groups is 1. The Morgan fingerprint density at radius 3 is 2.83 bits per heavy atom. The number of benzene rings is 1. The molecule has 98 valence electrons. The van der Waals surface area contributed by atoms with Crippen LogP contribution in [0.25, 0.3) is 0 Å². The van der Waals surface area contributed by atoms with Crippen molar-refractivity contribution in [2.45, 2.75) is 26.3 Å². The molecule has 1 rings (SSSR count). The highest BCUT2D eigenvalue weighted by molar-refractivity contribution is 5.94. The van der Waals surface area contributed by atoms with E-state index in [0.29, 0.717) is 5.56 Å². The number of nitrogens with two attached hydrogens (primary N) is 1. The van der Waals surface area contributed by atoms with Crippen LogP contribution in [-0.2, 0) is 0 Å². The van der Waals surface area contributed by atoms with Gasteiger partial charge in [0.25, 0.3) is 5.91 Å². The SMILES string of the molecule is Cc1ccc(C(=O)NC(C)CC(N)=NO)cc1F. The van der Waals surface area contributed by atoms with Crippen LogP contribution >= 0.6 is 0 Å². The smallest absolute Gasteiger partial charge is 0.251 e. The molecule has 0 saturated carbocycles. The largest absolute Gasteiger partial charge is 0.409 e. The van der Waals surface area contributed by atoms with E-state index >= 15 is 0 Å². The maximum absolute atomic E-state index is 13.3. The lowest BCUT2D eigenvalue weighted by Crippen LogP contribution is -2.35. The van der Waals surface area contributed by atoms with Gasteiger partial charge in [-0.3, -0.25) is 4.79 Å². The van der Waals surface area contributed by atoms with Crippen molar-refractivity contribution in [1.29, 1.82) is 0 Å². The van der Waals surface area contributed by atoms with Crippen molar-refractivity contribution in [3.63, 3.8) is 0 Å². The minimum atomic E-state index is -0.424. The number of hydrogen-bond donors (Lipinski definition) is 3. The quantitative estimate of drug-likeness (QED) is 0.328. The van der Waals surface area contributed by atoms with Crippen LogP contribution < -0.4 is 11.1 Å². The van der Waals surface area contributed by atoms with E-state index in [2.05, 4.69) is 10.5 Å². The van der Waals surface area contributed by atoms with Crippen LogP contribution in [0, 0.1) is 12.7 Å². The van der Waals surface area contributed by atoms with E-state index in [4.69, 9.17) is 10.9 Å². The predicted octanol–water partition coefficient (Wildman–Crippen LogP) is 1.39. The molecule has 1 atom stereocenters. The summed E-state index contributed by atoms with van der Waals surface area (Å²) in [6.45, 7) is 3.33. The van der Waals surface area contributed by atoms with Gasteiger partial charge in [-0.25, -0.2) is 4.39 Å². The van der Waals surface area contributed by atoms with Gasteiger partial charge in [0.15, 0.2) is 0 Å². The fourth-order valence-electron chi connectivity index (χ4n) is 1.45. The Kier molecular flexibility index (Phi) is 4.65. The van der Waals surface area contributed by atoms with E-state index in [1.807, 2.05) is 0 Å². The number of nitrogens with one attached hydrogen (secondary N) is 1. The minimum Gasteiger partial charge on any atom is -0.409 e. The number of nitrogens with zero attached hydrogens (tertiary/aromatic N) is 1. The van der Waals surface area contributed by atoms with Crippen molar-refractivity contribution in [2.75, 3.05) is 0 Å². The molecule has 0 aliphatic heterocycles. The summed E-state index contributed by atoms with van der Waals surface area (Å²) < 4.78 is 13.3. The van der Waals surface area contributed by atoms with Gasteiger partial charge in [0, 0.05) is 18.0 Å². The molecule has 1 amide bonds. The highest BCUT2D eigenvalue weighted by Crippen LogP contribution is 2.09. The Hall–Kier alpha value is -2.11. The van der Waals surface area contributed by atoms with Crippen molar-refractivity contribution >= 4 is 11.7 Å². The summed E-state index contributed by atoms with van der Waals surface area (Å²) in [5, 5.41) is 13.9. The summed E-state index contributed by atoms with van der Waals surface area (Å²) in [7, 11) is 0. The number of carbonyl (C=O) groups excluding carboxylic acids is 1. The second-order valence-corrected chi connectivity index (χ2v) is 4.13. The summed E-state index contributed by atoms with van der Waals surface area (Å²) in [6, 6.07) is 3.96. The van der Waals surface area contributed by atoms with Crippen LogP contribution in [0.5, 0.6) is 0 Å². The number of amides is 1. The number of carbonyl (C=O) groups is 1. The van der Waals surface area contributed by atoms with E-state index in [1.165, 1.54) is 6.07 Å². The zero-order valence-corrected chi connectivity index (χ0v) is 10.3. The summed E-state index contributed by atoms with van der Waals surface area (Å²) in [5.41, 5.74) is 6.04. The fraction of sp³-hybridized carbons (Fsp3) is 0.333. The first-order valence-corrected chi connectivity index (χ1v) is 5.47. The van der Waals surface area contributed by atoms with Crippen molar-refractivity contribution in [3.05, 3.63) is 35.1 Å². The van der Waals surface area contributed by atoms with Crippen LogP contribution in [0.4, 0.5) is 4.39 Å². The van der Waals surface area contributed by atoms with Gasteiger partial charge in [-0.2, -0.15) is 0 Å². The van der Waals surface area contributed by atoms with Crippen molar-refractivity contribution in [3.8, 4) is 0 Å². The van der Waals surface area contributed by atoms with Gasteiger partial charge in [0.05, 0.1) is 0 Å². The first-order chi connectivity index (χ1) is 8.43. The van der Waals surface area contributed by atoms with Crippen molar-refractivity contribution in [1.82, 2.24) is 5.32 Å². The average molecular weight is 253 g/mol. The first kappa shape index (κ1) is 14.0. The zero-order valence-electron chi connectivity index (χ0n) is 10.3. The molecule has 0 fully saturated rings. The number of hydrogen-bond acceptors (Lipinski definition) is 3. The molecular formula is C12H16FN3O2. The summed E-state index contributed by atoms with van der Waals surface area (Å²) in [5.74, 6) is -0.795. The van der Waals surface area contributed by atoms with Crippen molar-refractivity contribution in [2.24, 2.45) is 10.9 Å². The third-order valence-corrected chi connectivity index (χ3v) is 2.46. The molecule has 6 heteroatoms. The van der Waals surface area contributed by atoms with Gasteiger partial charge in [-0.05, 0) is 31.5 Å². The van der Waals surface area contributed by atoms with Gasteiger partial charge in [0.2, 0.25) is 0 Å². The molecule has 0 heterocycles. The Morgan fingerprint density at radius 2 is 2.28 bits per heavy atom. The first-order valence-electron chi connectivity index (χ1n) is 5.47. The van der Waals surface area contributed by atoms with E-state index in [0.717, 1.165) is 0 Å². The molecular weight excluding hydrogens is 237 g/mol. The Morgan fingerprint density at radius 1 is 1.61 bits per heavy atom. The third kappa shape index (κ3) is 3.73. The highest BCUT2D eigenvalue weighted by atomic mass is 19.1. The molecule has 0 saturated heterocycles. The van der Waals surface area contributed by atoms with Gasteiger partial charge in [-0.1, -0.05) is 11.2 Å². The van der Waals surface area contributed by atoms with E-state index in [-0.39, 0.29) is 23.9 Å². The molecule has 4 N–H and O–H groups in total. The van der Waals surface area contributed by atoms with Gasteiger partial charge >= 0.3 is 0 Å². The van der Waals surface area contributed by atoms with Gasteiger partial charge < -0.3 is 16.3 Å². The topological polar surface area (TPSA) is 87.7 Å². The summed E-state index contributed by atoms with van der Waals surface area (Å²) >= 11 is 0. The highest BCUT2D eigenvalue weighted by Gasteiger charge is 2.12. The second-order valence-electron chi connectivity index (χ2n) is 4.13. The number of halogens is 1. The van der Waals surface area contributed by atoms with Crippen LogP contribution in [-0.4, -0.2) is 23.0 Å². The predicted molar refractivity (Wildman–Crippen MR) is 66.1 cm³/mol. The number of aryl methyl sites for hydroxylation is 1. The van der Waals surface area contributed by atoms with E-state index in [1.54, 1.807) is 26.0 Å². The Balaban J connectivity index is 2.67. The molecule has 1 aromatic rings. The summed E-state index contributed by atoms with van der Waals surface area (Å²) in [4.78, 5) is 11.8. The number of amidine groups is 1. The molecule has 0 aliphatic carbocycles. The average Bonchev–Trinajstić information content (AvgIpc) is 2.32. The van der Waals surface area contributed by atoms with Crippen LogP contribution in [0.3, 0.4) is 0 Å². The second kappa shape index (κ2) is 6.00. The molecule has 0 aromatic heterocycles. The monoisotopic (exact) mass is 253 g/mol. The summed E-state index contributed by atoms with van der Waals surface area (Å²) in [6.07, 6.45) is 0.219. The standard InChI is InChI=1S/C12H16FN3O2/c1-7-3-4-9(6-10(7)13)12(17)15-8(2)5-11(14)16-18/h3-4,6,8,18H,5H2,1-2H3,(H2,14,16)(H,15,17). The third-order valence-electron chi connectivity index (χ3n) is 2.46. The number of rotatable bonds is 4. The van der Waals surface area contributed by atoms with Crippen LogP contribution in [0.2, 0.25) is 0 Å². The Labute approximate surface area is 104 Å². The van der Waals surface area contributed by atoms with Crippen LogP contribution in [0.15, 0.2) is 23.4 Å². The molecule has 0 bridgehead atoms. The normalized spacial score (nSPS) is 13.2. The van der Waals surface area contributed by atoms with Gasteiger partial charge in [0.1, 0.15) is 11.7 Å². The molecule has 1 unspecified atom stereocenters. The maximum atomic E-state index is 13.3. The fourth-order valence-corrected chi connectivity index (χ4v) is 1.45. The molecule has 1 aromatic carbocycles. The zero-order chi connectivity index (χ0) is 13.7. The lowest BCUT2D eigenvalue weighted by molar-refractivity contribution is 0.0940. The molecule has 0 spiro atoms. The van der Waals surface area contributed by atoms with Gasteiger partial charge in [-0.15, -0.1) is 0 Å². The molecule has 5 nitrogen and oxygen atoms in total. The molecule has 0 radical (unpaired) electrons. The maximum Gasteiger partial charge on any atom is 0.251 e. The van der Waals surface area contributed by atoms with E-state index < -0.39 is 11.7 Å². The van der Waals surface area contributed by atoms with Crippen molar-refractivity contribution < 1.29 is 14.4 Å². The van der Waals surface area contributed by atoms with Crippen LogP contribution in [0.1, 0.15) is 29.3 Å². The lowest BCUT2D eigenvalue weighted by Gasteiger charge is -2.13. The molecule has 0 aliphatic rings. The lowest BCUT2D eigenvalue weighted by atomic mass is 10.1. The minimum absolute atomic E-state index is 0.0258. The molecule has 18 heavy (non-hydrogen) atoms. The van der Waals surface area contributed by atoms with E-state index in [9.17, 15) is 9.18 Å².